The molecule has 4 rings (SSSR count). The zero-order chi connectivity index (χ0) is 14.1. The quantitative estimate of drug-likeness (QED) is 0.518. The van der Waals surface area contributed by atoms with Crippen LogP contribution in [-0.4, -0.2) is 9.55 Å². The molecular weight excluding hydrogens is 256 g/mol. The van der Waals surface area contributed by atoms with E-state index in [1.54, 1.807) is 0 Å². The van der Waals surface area contributed by atoms with Gasteiger partial charge in [-0.2, -0.15) is 0 Å². The van der Waals surface area contributed by atoms with Crippen molar-refractivity contribution in [2.24, 2.45) is 0 Å². The summed E-state index contributed by atoms with van der Waals surface area (Å²) in [7, 11) is 0. The zero-order valence-electron chi connectivity index (χ0n) is 11.5. The van der Waals surface area contributed by atoms with Crippen LogP contribution in [0.3, 0.4) is 0 Å². The molecule has 0 amide bonds. The molecule has 0 atom stereocenters. The van der Waals surface area contributed by atoms with Crippen LogP contribution in [-0.2, 0) is 0 Å². The molecule has 2 heteroatoms. The maximum Gasteiger partial charge on any atom is 0.144 e. The molecule has 2 aliphatic rings. The lowest BCUT2D eigenvalue weighted by molar-refractivity contribution is 1.07. The van der Waals surface area contributed by atoms with E-state index in [1.165, 1.54) is 11.1 Å². The molecule has 0 radical (unpaired) electrons. The van der Waals surface area contributed by atoms with Crippen molar-refractivity contribution in [2.45, 2.75) is 0 Å². The number of benzene rings is 1. The summed E-state index contributed by atoms with van der Waals surface area (Å²) < 4.78 is 2.12. The standard InChI is InChI=1S/C19H14N2/c1-3-7-15-13-17(14-16(15)8-4-1)19-20-11-12-21(19)18-9-5-2-6-10-18/h1-14H. The first-order chi connectivity index (χ1) is 10.4. The second-order valence-corrected chi connectivity index (χ2v) is 5.02. The minimum Gasteiger partial charge on any atom is -0.300 e. The van der Waals surface area contributed by atoms with Crippen LogP contribution in [0.4, 0.5) is 0 Å². The second-order valence-electron chi connectivity index (χ2n) is 5.02. The summed E-state index contributed by atoms with van der Waals surface area (Å²) in [6, 6.07) is 25.1. The summed E-state index contributed by atoms with van der Waals surface area (Å²) in [6.45, 7) is 0. The molecule has 100 valence electrons. The van der Waals surface area contributed by atoms with Gasteiger partial charge in [-0.15, -0.1) is 0 Å². The Bertz CT molecular complexity index is 815. The Labute approximate surface area is 123 Å². The van der Waals surface area contributed by atoms with E-state index in [-0.39, 0.29) is 0 Å². The van der Waals surface area contributed by atoms with Gasteiger partial charge in [0.25, 0.3) is 0 Å². The molecule has 1 heterocycles. The maximum absolute atomic E-state index is 4.54. The fourth-order valence-corrected chi connectivity index (χ4v) is 2.66. The third kappa shape index (κ3) is 2.11. The van der Waals surface area contributed by atoms with Gasteiger partial charge in [0.05, 0.1) is 0 Å². The third-order valence-electron chi connectivity index (χ3n) is 3.66. The van der Waals surface area contributed by atoms with Gasteiger partial charge in [-0.1, -0.05) is 48.5 Å². The van der Waals surface area contributed by atoms with Gasteiger partial charge >= 0.3 is 0 Å². The van der Waals surface area contributed by atoms with Crippen molar-refractivity contribution in [3.05, 3.63) is 85.2 Å². The van der Waals surface area contributed by atoms with Crippen molar-refractivity contribution < 1.29 is 0 Å². The highest BCUT2D eigenvalue weighted by atomic mass is 15.1. The number of aromatic nitrogens is 2. The van der Waals surface area contributed by atoms with E-state index in [1.807, 2.05) is 36.7 Å². The Hall–Kier alpha value is -2.87. The third-order valence-corrected chi connectivity index (χ3v) is 3.66. The fourth-order valence-electron chi connectivity index (χ4n) is 2.66. The summed E-state index contributed by atoms with van der Waals surface area (Å²) >= 11 is 0. The van der Waals surface area contributed by atoms with Gasteiger partial charge in [0.15, 0.2) is 0 Å². The van der Waals surface area contributed by atoms with Crippen LogP contribution in [0.5, 0.6) is 0 Å². The van der Waals surface area contributed by atoms with Crippen molar-refractivity contribution in [1.82, 2.24) is 9.55 Å². The molecule has 2 nitrogen and oxygen atoms in total. The van der Waals surface area contributed by atoms with Crippen LogP contribution >= 0.6 is 0 Å². The Kier molecular flexibility index (Phi) is 2.79. The molecule has 0 unspecified atom stereocenters. The number of hydrogen-bond acceptors (Lipinski definition) is 1. The van der Waals surface area contributed by atoms with Crippen molar-refractivity contribution in [2.75, 3.05) is 0 Å². The normalized spacial score (nSPS) is 10.9. The Morgan fingerprint density at radius 1 is 0.667 bits per heavy atom. The highest BCUT2D eigenvalue weighted by Crippen LogP contribution is 2.31. The number of hydrogen-bond donors (Lipinski definition) is 0. The molecule has 0 spiro atoms. The molecule has 2 aromatic rings. The average Bonchev–Trinajstić information content (AvgIpc) is 3.10. The van der Waals surface area contributed by atoms with Crippen molar-refractivity contribution >= 4 is 0 Å². The van der Waals surface area contributed by atoms with E-state index in [9.17, 15) is 0 Å². The van der Waals surface area contributed by atoms with E-state index in [0.717, 1.165) is 17.1 Å². The van der Waals surface area contributed by atoms with E-state index in [2.05, 4.69) is 58.1 Å². The first-order valence-corrected chi connectivity index (χ1v) is 7.00. The molecule has 21 heavy (non-hydrogen) atoms. The van der Waals surface area contributed by atoms with Crippen LogP contribution in [0.25, 0.3) is 28.2 Å². The van der Waals surface area contributed by atoms with Crippen LogP contribution in [0, 0.1) is 0 Å². The summed E-state index contributed by atoms with van der Waals surface area (Å²) in [5.41, 5.74) is 4.74. The lowest BCUT2D eigenvalue weighted by atomic mass is 10.2. The topological polar surface area (TPSA) is 17.8 Å². The van der Waals surface area contributed by atoms with E-state index >= 15 is 0 Å². The minimum absolute atomic E-state index is 0.972. The van der Waals surface area contributed by atoms with E-state index in [0.29, 0.717) is 0 Å². The molecule has 0 bridgehead atoms. The Morgan fingerprint density at radius 2 is 1.29 bits per heavy atom. The first-order valence-electron chi connectivity index (χ1n) is 7.00. The van der Waals surface area contributed by atoms with Gasteiger partial charge in [-0.3, -0.25) is 4.57 Å². The maximum atomic E-state index is 4.54. The highest BCUT2D eigenvalue weighted by molar-refractivity contribution is 5.77. The van der Waals surface area contributed by atoms with Gasteiger partial charge < -0.3 is 0 Å². The van der Waals surface area contributed by atoms with Crippen molar-refractivity contribution in [3.8, 4) is 28.2 Å². The number of fused-ring (bicyclic) bond motifs is 1. The summed E-state index contributed by atoms with van der Waals surface area (Å²) in [4.78, 5) is 4.54. The highest BCUT2D eigenvalue weighted by Gasteiger charge is 2.12. The molecule has 1 aromatic carbocycles. The number of rotatable bonds is 2. The lowest BCUT2D eigenvalue weighted by Crippen LogP contribution is -1.94. The Morgan fingerprint density at radius 3 is 1.95 bits per heavy atom. The van der Waals surface area contributed by atoms with Gasteiger partial charge in [-0.05, 0) is 35.4 Å². The number of nitrogens with zero attached hydrogens (tertiary/aromatic N) is 2. The van der Waals surface area contributed by atoms with E-state index in [4.69, 9.17) is 0 Å². The molecule has 0 saturated carbocycles. The van der Waals surface area contributed by atoms with Gasteiger partial charge in [0, 0.05) is 23.6 Å². The summed E-state index contributed by atoms with van der Waals surface area (Å²) in [5.74, 6) is 0.972. The SMILES string of the molecule is c1ccc2cc(-c3nccn3-c3ccccc3)cc-2cc1. The molecule has 2 aliphatic carbocycles. The molecule has 0 fully saturated rings. The summed E-state index contributed by atoms with van der Waals surface area (Å²) in [6.07, 6.45) is 3.85. The van der Waals surface area contributed by atoms with Crippen LogP contribution in [0.15, 0.2) is 85.2 Å². The monoisotopic (exact) mass is 270 g/mol. The molecule has 0 saturated heterocycles. The fraction of sp³-hybridized carbons (Fsp3) is 0. The van der Waals surface area contributed by atoms with Crippen LogP contribution in [0.1, 0.15) is 0 Å². The molecule has 0 aliphatic heterocycles. The van der Waals surface area contributed by atoms with Crippen molar-refractivity contribution in [1.29, 1.82) is 0 Å². The number of imidazole rings is 1. The average molecular weight is 270 g/mol. The summed E-state index contributed by atoms with van der Waals surface area (Å²) in [5, 5.41) is 0. The second kappa shape index (κ2) is 4.91. The Balaban J connectivity index is 1.88. The predicted molar refractivity (Wildman–Crippen MR) is 85.6 cm³/mol. The number of para-hydroxylation sites is 1. The molecular formula is C19H14N2. The lowest BCUT2D eigenvalue weighted by Gasteiger charge is -2.06. The smallest absolute Gasteiger partial charge is 0.144 e. The van der Waals surface area contributed by atoms with Gasteiger partial charge in [-0.25, -0.2) is 4.98 Å². The molecule has 0 N–H and O–H groups in total. The minimum atomic E-state index is 0.972. The largest absolute Gasteiger partial charge is 0.300 e. The first kappa shape index (κ1) is 11.9. The molecule has 1 aromatic heterocycles. The van der Waals surface area contributed by atoms with E-state index < -0.39 is 0 Å². The predicted octanol–water partition coefficient (Wildman–Crippen LogP) is 4.64. The van der Waals surface area contributed by atoms with Crippen LogP contribution < -0.4 is 0 Å². The van der Waals surface area contributed by atoms with Crippen LogP contribution in [0.2, 0.25) is 0 Å². The van der Waals surface area contributed by atoms with Gasteiger partial charge in [0.2, 0.25) is 0 Å². The van der Waals surface area contributed by atoms with Crippen molar-refractivity contribution in [3.63, 3.8) is 0 Å². The van der Waals surface area contributed by atoms with Gasteiger partial charge in [0.1, 0.15) is 5.82 Å². The zero-order valence-corrected chi connectivity index (χ0v) is 11.5.